The molecule has 0 saturated carbocycles. The lowest BCUT2D eigenvalue weighted by Gasteiger charge is -2.26. The van der Waals surface area contributed by atoms with Crippen LogP contribution in [0.5, 0.6) is 0 Å². The topological polar surface area (TPSA) is 32.3 Å². The van der Waals surface area contributed by atoms with Crippen LogP contribution in [0.2, 0.25) is 0 Å². The zero-order valence-electron chi connectivity index (χ0n) is 11.1. The lowest BCUT2D eigenvalue weighted by atomic mass is 10.0. The molecule has 0 radical (unpaired) electrons. The fourth-order valence-electron chi connectivity index (χ4n) is 2.03. The summed E-state index contributed by atoms with van der Waals surface area (Å²) in [5, 5.41) is 3.18. The Bertz CT molecular complexity index is 445. The van der Waals surface area contributed by atoms with E-state index in [0.717, 1.165) is 25.2 Å². The summed E-state index contributed by atoms with van der Waals surface area (Å²) in [4.78, 5) is 14.3. The molecule has 0 atom stereocenters. The largest absolute Gasteiger partial charge is 0.335 e. The molecule has 2 rings (SSSR count). The standard InChI is InChI=1S/C15H20N2O/c1-3-17(11-13-7-5-4-6-8-13)15(18)12(2)14-9-16-10-14/h4-8,16H,3,9-11H2,1-2H3. The second kappa shape index (κ2) is 5.83. The summed E-state index contributed by atoms with van der Waals surface area (Å²) in [5.41, 5.74) is 3.33. The minimum Gasteiger partial charge on any atom is -0.335 e. The van der Waals surface area contributed by atoms with Crippen LogP contribution in [0.3, 0.4) is 0 Å². The molecule has 1 aromatic rings. The normalized spacial score (nSPS) is 14.0. The third-order valence-electron chi connectivity index (χ3n) is 3.41. The number of likely N-dealkylation sites (N-methyl/N-ethyl adjacent to an activating group) is 1. The molecule has 1 aromatic carbocycles. The van der Waals surface area contributed by atoms with Gasteiger partial charge >= 0.3 is 0 Å². The SMILES string of the molecule is CCN(Cc1ccccc1)C(=O)C(C)=C1CNC1. The fraction of sp³-hybridized carbons (Fsp3) is 0.400. The number of nitrogens with zero attached hydrogens (tertiary/aromatic N) is 1. The monoisotopic (exact) mass is 244 g/mol. The van der Waals surface area contributed by atoms with Crippen molar-refractivity contribution < 1.29 is 4.79 Å². The van der Waals surface area contributed by atoms with Crippen LogP contribution in [-0.2, 0) is 11.3 Å². The number of hydrogen-bond acceptors (Lipinski definition) is 2. The Morgan fingerprint density at radius 1 is 1.28 bits per heavy atom. The lowest BCUT2D eigenvalue weighted by Crippen LogP contribution is -2.39. The predicted octanol–water partition coefficient (Wildman–Crippen LogP) is 1.95. The Morgan fingerprint density at radius 2 is 1.94 bits per heavy atom. The lowest BCUT2D eigenvalue weighted by molar-refractivity contribution is -0.127. The third-order valence-corrected chi connectivity index (χ3v) is 3.41. The summed E-state index contributed by atoms with van der Waals surface area (Å²) in [5.74, 6) is 0.165. The second-order valence-corrected chi connectivity index (χ2v) is 4.64. The average molecular weight is 244 g/mol. The van der Waals surface area contributed by atoms with Gasteiger partial charge in [-0.3, -0.25) is 4.79 Å². The van der Waals surface area contributed by atoms with Gasteiger partial charge in [0.15, 0.2) is 0 Å². The van der Waals surface area contributed by atoms with Gasteiger partial charge in [0.1, 0.15) is 0 Å². The molecule has 1 N–H and O–H groups in total. The molecular weight excluding hydrogens is 224 g/mol. The molecule has 0 spiro atoms. The van der Waals surface area contributed by atoms with Crippen LogP contribution in [0.1, 0.15) is 19.4 Å². The molecule has 3 nitrogen and oxygen atoms in total. The van der Waals surface area contributed by atoms with E-state index in [2.05, 4.69) is 17.4 Å². The van der Waals surface area contributed by atoms with E-state index in [1.54, 1.807) is 0 Å². The minimum absolute atomic E-state index is 0.165. The van der Waals surface area contributed by atoms with Crippen molar-refractivity contribution in [3.8, 4) is 0 Å². The van der Waals surface area contributed by atoms with E-state index in [1.807, 2.05) is 36.9 Å². The molecule has 0 aromatic heterocycles. The van der Waals surface area contributed by atoms with E-state index in [-0.39, 0.29) is 5.91 Å². The Balaban J connectivity index is 2.07. The maximum absolute atomic E-state index is 12.4. The molecular formula is C15H20N2O. The van der Waals surface area contributed by atoms with Gasteiger partial charge in [0.25, 0.3) is 0 Å². The fourth-order valence-corrected chi connectivity index (χ4v) is 2.03. The van der Waals surface area contributed by atoms with Crippen LogP contribution in [0.4, 0.5) is 0 Å². The first-order chi connectivity index (χ1) is 8.72. The van der Waals surface area contributed by atoms with E-state index in [0.29, 0.717) is 6.54 Å². The summed E-state index contributed by atoms with van der Waals surface area (Å²) >= 11 is 0. The van der Waals surface area contributed by atoms with Crippen LogP contribution >= 0.6 is 0 Å². The van der Waals surface area contributed by atoms with E-state index in [1.165, 1.54) is 11.1 Å². The Morgan fingerprint density at radius 3 is 2.44 bits per heavy atom. The van der Waals surface area contributed by atoms with Crippen molar-refractivity contribution in [3.05, 3.63) is 47.0 Å². The first-order valence-electron chi connectivity index (χ1n) is 6.45. The summed E-state index contributed by atoms with van der Waals surface area (Å²) in [6.07, 6.45) is 0. The highest BCUT2D eigenvalue weighted by Crippen LogP contribution is 2.14. The van der Waals surface area contributed by atoms with Crippen LogP contribution in [0.25, 0.3) is 0 Å². The number of carbonyl (C=O) groups is 1. The maximum Gasteiger partial charge on any atom is 0.249 e. The summed E-state index contributed by atoms with van der Waals surface area (Å²) in [7, 11) is 0. The molecule has 1 amide bonds. The molecule has 1 saturated heterocycles. The van der Waals surface area contributed by atoms with Gasteiger partial charge in [-0.2, -0.15) is 0 Å². The van der Waals surface area contributed by atoms with E-state index in [9.17, 15) is 4.79 Å². The van der Waals surface area contributed by atoms with E-state index < -0.39 is 0 Å². The zero-order valence-corrected chi connectivity index (χ0v) is 11.1. The summed E-state index contributed by atoms with van der Waals surface area (Å²) in [6, 6.07) is 10.1. The quantitative estimate of drug-likeness (QED) is 0.821. The van der Waals surface area contributed by atoms with Crippen molar-refractivity contribution in [2.45, 2.75) is 20.4 Å². The maximum atomic E-state index is 12.4. The van der Waals surface area contributed by atoms with Gasteiger partial charge in [-0.25, -0.2) is 0 Å². The Hall–Kier alpha value is -1.61. The van der Waals surface area contributed by atoms with Gasteiger partial charge < -0.3 is 10.2 Å². The van der Waals surface area contributed by atoms with Crippen molar-refractivity contribution in [2.24, 2.45) is 0 Å². The Kier molecular flexibility index (Phi) is 4.15. The molecule has 1 fully saturated rings. The molecule has 1 aliphatic heterocycles. The molecule has 0 bridgehead atoms. The smallest absolute Gasteiger partial charge is 0.249 e. The van der Waals surface area contributed by atoms with Crippen molar-refractivity contribution in [1.29, 1.82) is 0 Å². The average Bonchev–Trinajstić information content (AvgIpc) is 2.34. The molecule has 1 aliphatic rings. The van der Waals surface area contributed by atoms with Crippen molar-refractivity contribution in [1.82, 2.24) is 10.2 Å². The van der Waals surface area contributed by atoms with Crippen molar-refractivity contribution >= 4 is 5.91 Å². The van der Waals surface area contributed by atoms with Crippen LogP contribution < -0.4 is 5.32 Å². The van der Waals surface area contributed by atoms with Gasteiger partial charge in [0, 0.05) is 31.8 Å². The van der Waals surface area contributed by atoms with Crippen molar-refractivity contribution in [2.75, 3.05) is 19.6 Å². The summed E-state index contributed by atoms with van der Waals surface area (Å²) < 4.78 is 0. The van der Waals surface area contributed by atoms with Gasteiger partial charge in [0.2, 0.25) is 5.91 Å². The Labute approximate surface area is 108 Å². The van der Waals surface area contributed by atoms with E-state index >= 15 is 0 Å². The number of nitrogens with one attached hydrogen (secondary N) is 1. The van der Waals surface area contributed by atoms with Gasteiger partial charge in [-0.05, 0) is 25.0 Å². The first-order valence-corrected chi connectivity index (χ1v) is 6.45. The predicted molar refractivity (Wildman–Crippen MR) is 73.1 cm³/mol. The second-order valence-electron chi connectivity index (χ2n) is 4.64. The van der Waals surface area contributed by atoms with Gasteiger partial charge in [-0.1, -0.05) is 30.3 Å². The first kappa shape index (κ1) is 12.8. The molecule has 1 heterocycles. The number of rotatable bonds is 4. The third kappa shape index (κ3) is 2.79. The highest BCUT2D eigenvalue weighted by atomic mass is 16.2. The molecule has 96 valence electrons. The number of hydrogen-bond donors (Lipinski definition) is 1. The van der Waals surface area contributed by atoms with Gasteiger partial charge in [-0.15, -0.1) is 0 Å². The molecule has 0 aliphatic carbocycles. The number of amides is 1. The molecule has 0 unspecified atom stereocenters. The van der Waals surface area contributed by atoms with Crippen molar-refractivity contribution in [3.63, 3.8) is 0 Å². The zero-order chi connectivity index (χ0) is 13.0. The van der Waals surface area contributed by atoms with Crippen LogP contribution in [0, 0.1) is 0 Å². The highest BCUT2D eigenvalue weighted by Gasteiger charge is 2.20. The molecule has 3 heteroatoms. The van der Waals surface area contributed by atoms with Gasteiger partial charge in [0.05, 0.1) is 0 Å². The van der Waals surface area contributed by atoms with E-state index in [4.69, 9.17) is 0 Å². The number of benzene rings is 1. The summed E-state index contributed by atoms with van der Waals surface area (Å²) in [6.45, 7) is 7.12. The van der Waals surface area contributed by atoms with Crippen LogP contribution in [0.15, 0.2) is 41.5 Å². The minimum atomic E-state index is 0.165. The highest BCUT2D eigenvalue weighted by molar-refractivity contribution is 5.94. The molecule has 18 heavy (non-hydrogen) atoms. The number of carbonyl (C=O) groups excluding carboxylic acids is 1. The van der Waals surface area contributed by atoms with Crippen LogP contribution in [-0.4, -0.2) is 30.4 Å².